The monoisotopic (exact) mass is 328 g/mol. The van der Waals surface area contributed by atoms with E-state index in [-0.39, 0.29) is 5.91 Å². The van der Waals surface area contributed by atoms with Gasteiger partial charge in [0.15, 0.2) is 0 Å². The van der Waals surface area contributed by atoms with Crippen LogP contribution in [0.3, 0.4) is 0 Å². The van der Waals surface area contributed by atoms with Gasteiger partial charge in [-0.2, -0.15) is 4.98 Å². The summed E-state index contributed by atoms with van der Waals surface area (Å²) in [5.41, 5.74) is 2.38. The summed E-state index contributed by atoms with van der Waals surface area (Å²) in [6.45, 7) is 0.664. The SMILES string of the molecule is NNc1ncc(Br)c(NCCCC(=O)NC2CC2)n1. The van der Waals surface area contributed by atoms with Gasteiger partial charge in [0.25, 0.3) is 0 Å². The van der Waals surface area contributed by atoms with Crippen LogP contribution in [0.1, 0.15) is 25.7 Å². The summed E-state index contributed by atoms with van der Waals surface area (Å²) in [6.07, 6.45) is 5.12. The molecule has 1 aliphatic rings. The summed E-state index contributed by atoms with van der Waals surface area (Å²) in [6, 6.07) is 0.426. The number of carbonyl (C=O) groups excluding carboxylic acids is 1. The molecule has 0 radical (unpaired) electrons. The number of nitrogens with two attached hydrogens (primary N) is 1. The van der Waals surface area contributed by atoms with Crippen LogP contribution in [0.15, 0.2) is 10.7 Å². The average Bonchev–Trinajstić information content (AvgIpc) is 3.20. The molecule has 1 aromatic heterocycles. The van der Waals surface area contributed by atoms with Crippen molar-refractivity contribution < 1.29 is 4.79 Å². The first-order chi connectivity index (χ1) is 9.19. The van der Waals surface area contributed by atoms with Crippen molar-refractivity contribution in [2.24, 2.45) is 5.84 Å². The van der Waals surface area contributed by atoms with Crippen molar-refractivity contribution in [1.29, 1.82) is 0 Å². The van der Waals surface area contributed by atoms with Crippen molar-refractivity contribution in [3.63, 3.8) is 0 Å². The molecule has 1 aliphatic carbocycles. The van der Waals surface area contributed by atoms with E-state index in [1.807, 2.05) is 0 Å². The molecule has 0 aliphatic heterocycles. The molecule has 2 rings (SSSR count). The first kappa shape index (κ1) is 14.0. The first-order valence-electron chi connectivity index (χ1n) is 6.21. The maximum Gasteiger partial charge on any atom is 0.239 e. The van der Waals surface area contributed by atoms with Crippen LogP contribution in [0.4, 0.5) is 11.8 Å². The predicted molar refractivity (Wildman–Crippen MR) is 76.4 cm³/mol. The average molecular weight is 329 g/mol. The highest BCUT2D eigenvalue weighted by Crippen LogP contribution is 2.20. The molecule has 0 aromatic carbocycles. The number of hydrogen-bond acceptors (Lipinski definition) is 6. The van der Waals surface area contributed by atoms with Crippen LogP contribution in [0.25, 0.3) is 0 Å². The van der Waals surface area contributed by atoms with Crippen LogP contribution in [0.2, 0.25) is 0 Å². The van der Waals surface area contributed by atoms with Crippen molar-refractivity contribution >= 4 is 33.6 Å². The number of rotatable bonds is 7. The fraction of sp³-hybridized carbons (Fsp3) is 0.545. The molecule has 1 amide bonds. The van der Waals surface area contributed by atoms with Crippen molar-refractivity contribution in [3.05, 3.63) is 10.7 Å². The Labute approximate surface area is 119 Å². The Hall–Kier alpha value is -1.41. The molecule has 0 atom stereocenters. The van der Waals surface area contributed by atoms with Crippen LogP contribution in [0.5, 0.6) is 0 Å². The number of halogens is 1. The number of nitrogens with one attached hydrogen (secondary N) is 3. The lowest BCUT2D eigenvalue weighted by atomic mass is 10.3. The van der Waals surface area contributed by atoms with Crippen molar-refractivity contribution in [2.75, 3.05) is 17.3 Å². The Morgan fingerprint density at radius 1 is 1.53 bits per heavy atom. The Morgan fingerprint density at radius 3 is 3.00 bits per heavy atom. The second-order valence-corrected chi connectivity index (χ2v) is 5.26. The van der Waals surface area contributed by atoms with E-state index in [0.29, 0.717) is 30.8 Å². The molecule has 0 bridgehead atoms. The minimum Gasteiger partial charge on any atom is -0.369 e. The van der Waals surface area contributed by atoms with Gasteiger partial charge in [-0.15, -0.1) is 0 Å². The lowest BCUT2D eigenvalue weighted by molar-refractivity contribution is -0.121. The number of aromatic nitrogens is 2. The molecule has 104 valence electrons. The molecule has 0 spiro atoms. The van der Waals surface area contributed by atoms with Crippen LogP contribution < -0.4 is 21.9 Å². The molecular formula is C11H17BrN6O. The third-order valence-corrected chi connectivity index (χ3v) is 3.27. The normalized spacial score (nSPS) is 14.0. The zero-order chi connectivity index (χ0) is 13.7. The molecule has 1 heterocycles. The van der Waals surface area contributed by atoms with E-state index in [0.717, 1.165) is 23.7 Å². The lowest BCUT2D eigenvalue weighted by Gasteiger charge is -2.08. The highest BCUT2D eigenvalue weighted by atomic mass is 79.9. The van der Waals surface area contributed by atoms with E-state index in [1.54, 1.807) is 6.20 Å². The quantitative estimate of drug-likeness (QED) is 0.338. The second-order valence-electron chi connectivity index (χ2n) is 4.41. The van der Waals surface area contributed by atoms with Gasteiger partial charge in [0.05, 0.1) is 4.47 Å². The Balaban J connectivity index is 1.70. The van der Waals surface area contributed by atoms with Crippen LogP contribution in [0, 0.1) is 0 Å². The van der Waals surface area contributed by atoms with E-state index in [2.05, 4.69) is 42.0 Å². The van der Waals surface area contributed by atoms with Crippen LogP contribution >= 0.6 is 15.9 Å². The summed E-state index contributed by atoms with van der Waals surface area (Å²) in [7, 11) is 0. The summed E-state index contributed by atoms with van der Waals surface area (Å²) in [4.78, 5) is 19.6. The molecule has 19 heavy (non-hydrogen) atoms. The van der Waals surface area contributed by atoms with Gasteiger partial charge in [0, 0.05) is 25.2 Å². The minimum atomic E-state index is 0.121. The topological polar surface area (TPSA) is 105 Å². The largest absolute Gasteiger partial charge is 0.369 e. The van der Waals surface area contributed by atoms with Gasteiger partial charge in [-0.3, -0.25) is 10.2 Å². The molecule has 1 fully saturated rings. The maximum atomic E-state index is 11.5. The lowest BCUT2D eigenvalue weighted by Crippen LogP contribution is -2.25. The molecule has 7 nitrogen and oxygen atoms in total. The summed E-state index contributed by atoms with van der Waals surface area (Å²) < 4.78 is 0.758. The van der Waals surface area contributed by atoms with E-state index >= 15 is 0 Å². The number of hydrogen-bond donors (Lipinski definition) is 4. The number of amides is 1. The fourth-order valence-electron chi connectivity index (χ4n) is 1.54. The predicted octanol–water partition coefficient (Wildman–Crippen LogP) is 0.995. The maximum absolute atomic E-state index is 11.5. The standard InChI is InChI=1S/C11H17BrN6O/c12-8-6-15-11(18-13)17-10(8)14-5-1-2-9(19)16-7-3-4-7/h6-7H,1-5,13H2,(H,16,19)(H2,14,15,17,18). The van der Waals surface area contributed by atoms with Gasteiger partial charge >= 0.3 is 0 Å². The van der Waals surface area contributed by atoms with E-state index in [1.165, 1.54) is 0 Å². The Morgan fingerprint density at radius 2 is 2.32 bits per heavy atom. The van der Waals surface area contributed by atoms with E-state index in [4.69, 9.17) is 5.84 Å². The van der Waals surface area contributed by atoms with Gasteiger partial charge in [-0.25, -0.2) is 10.8 Å². The number of nitrogen functional groups attached to an aromatic ring is 1. The van der Waals surface area contributed by atoms with Gasteiger partial charge < -0.3 is 10.6 Å². The van der Waals surface area contributed by atoms with Crippen LogP contribution in [-0.4, -0.2) is 28.5 Å². The molecular weight excluding hydrogens is 312 g/mol. The first-order valence-corrected chi connectivity index (χ1v) is 7.00. The molecule has 1 saturated carbocycles. The van der Waals surface area contributed by atoms with E-state index < -0.39 is 0 Å². The van der Waals surface area contributed by atoms with E-state index in [9.17, 15) is 4.79 Å². The number of hydrazine groups is 1. The Kier molecular flexibility index (Phi) is 4.92. The number of carbonyl (C=O) groups is 1. The summed E-state index contributed by atoms with van der Waals surface area (Å²) >= 11 is 3.35. The molecule has 0 saturated heterocycles. The zero-order valence-electron chi connectivity index (χ0n) is 10.4. The number of nitrogens with zero attached hydrogens (tertiary/aromatic N) is 2. The minimum absolute atomic E-state index is 0.121. The van der Waals surface area contributed by atoms with Crippen molar-refractivity contribution in [2.45, 2.75) is 31.7 Å². The smallest absolute Gasteiger partial charge is 0.239 e. The third-order valence-electron chi connectivity index (χ3n) is 2.69. The summed E-state index contributed by atoms with van der Waals surface area (Å²) in [5, 5.41) is 6.09. The highest BCUT2D eigenvalue weighted by molar-refractivity contribution is 9.10. The fourth-order valence-corrected chi connectivity index (χ4v) is 1.88. The van der Waals surface area contributed by atoms with Crippen LogP contribution in [-0.2, 0) is 4.79 Å². The van der Waals surface area contributed by atoms with Gasteiger partial charge in [-0.1, -0.05) is 0 Å². The third kappa shape index (κ3) is 4.64. The molecule has 8 heteroatoms. The van der Waals surface area contributed by atoms with Crippen molar-refractivity contribution in [3.8, 4) is 0 Å². The molecule has 0 unspecified atom stereocenters. The Bertz CT molecular complexity index is 451. The van der Waals surface area contributed by atoms with Gasteiger partial charge in [0.2, 0.25) is 11.9 Å². The zero-order valence-corrected chi connectivity index (χ0v) is 12.0. The van der Waals surface area contributed by atoms with Gasteiger partial charge in [0.1, 0.15) is 5.82 Å². The highest BCUT2D eigenvalue weighted by Gasteiger charge is 2.22. The molecule has 1 aromatic rings. The summed E-state index contributed by atoms with van der Waals surface area (Å²) in [5.74, 6) is 6.37. The van der Waals surface area contributed by atoms with Crippen molar-refractivity contribution in [1.82, 2.24) is 15.3 Å². The second kappa shape index (κ2) is 6.67. The molecule has 5 N–H and O–H groups in total. The number of anilines is 2. The van der Waals surface area contributed by atoms with Gasteiger partial charge in [-0.05, 0) is 35.2 Å².